The molecule has 0 aliphatic carbocycles. The van der Waals surface area contributed by atoms with Crippen molar-refractivity contribution >= 4 is 40.9 Å². The van der Waals surface area contributed by atoms with Crippen LogP contribution < -0.4 is 15.0 Å². The summed E-state index contributed by atoms with van der Waals surface area (Å²) in [4.78, 5) is 28.0. The second-order valence-electron chi connectivity index (χ2n) is 7.77. The van der Waals surface area contributed by atoms with E-state index in [4.69, 9.17) is 16.3 Å². The second-order valence-corrected chi connectivity index (χ2v) is 9.40. The van der Waals surface area contributed by atoms with Gasteiger partial charge in [-0.3, -0.25) is 14.5 Å². The number of anilines is 1. The SMILES string of the molecule is COc1ccc(N2C(=O)C(Cc3cccc(Cl)c3)S/C2=C(/C#N)C(=O)NCc2ccccc2)cc1. The summed E-state index contributed by atoms with van der Waals surface area (Å²) in [6.45, 7) is 0.269. The summed E-state index contributed by atoms with van der Waals surface area (Å²) in [5, 5.41) is 13.1. The van der Waals surface area contributed by atoms with Crippen LogP contribution in [0.25, 0.3) is 0 Å². The number of halogens is 1. The van der Waals surface area contributed by atoms with Crippen LogP contribution >= 0.6 is 23.4 Å². The molecular weight excluding hydrogens is 482 g/mol. The zero-order valence-corrected chi connectivity index (χ0v) is 20.5. The van der Waals surface area contributed by atoms with Crippen LogP contribution in [0.2, 0.25) is 5.02 Å². The maximum atomic E-state index is 13.5. The molecule has 0 radical (unpaired) electrons. The number of nitriles is 1. The molecule has 1 aliphatic heterocycles. The number of hydrogen-bond acceptors (Lipinski definition) is 5. The van der Waals surface area contributed by atoms with E-state index in [0.29, 0.717) is 27.9 Å². The number of hydrogen-bond donors (Lipinski definition) is 1. The van der Waals surface area contributed by atoms with Crippen molar-refractivity contribution < 1.29 is 14.3 Å². The molecule has 1 heterocycles. The Balaban J connectivity index is 1.67. The number of carbonyl (C=O) groups is 2. The lowest BCUT2D eigenvalue weighted by atomic mass is 10.1. The van der Waals surface area contributed by atoms with E-state index in [1.807, 2.05) is 54.6 Å². The van der Waals surface area contributed by atoms with Crippen molar-refractivity contribution in [2.75, 3.05) is 12.0 Å². The smallest absolute Gasteiger partial charge is 0.264 e. The van der Waals surface area contributed by atoms with Gasteiger partial charge in [-0.15, -0.1) is 0 Å². The van der Waals surface area contributed by atoms with E-state index in [0.717, 1.165) is 11.1 Å². The number of ether oxygens (including phenoxy) is 1. The van der Waals surface area contributed by atoms with Gasteiger partial charge in [0.1, 0.15) is 22.4 Å². The van der Waals surface area contributed by atoms with Crippen LogP contribution in [-0.2, 0) is 22.6 Å². The molecule has 0 spiro atoms. The first-order chi connectivity index (χ1) is 17.0. The Kier molecular flexibility index (Phi) is 7.76. The van der Waals surface area contributed by atoms with Gasteiger partial charge in [0.25, 0.3) is 5.91 Å². The third kappa shape index (κ3) is 5.68. The normalized spacial score (nSPS) is 16.5. The van der Waals surface area contributed by atoms with Gasteiger partial charge >= 0.3 is 0 Å². The quantitative estimate of drug-likeness (QED) is 0.358. The number of rotatable bonds is 7. The zero-order chi connectivity index (χ0) is 24.8. The highest BCUT2D eigenvalue weighted by Crippen LogP contribution is 2.42. The van der Waals surface area contributed by atoms with E-state index in [1.54, 1.807) is 37.4 Å². The van der Waals surface area contributed by atoms with Gasteiger partial charge in [0, 0.05) is 17.3 Å². The fourth-order valence-corrected chi connectivity index (χ4v) is 5.22. The number of nitrogens with zero attached hydrogens (tertiary/aromatic N) is 2. The molecule has 1 unspecified atom stereocenters. The predicted octanol–water partition coefficient (Wildman–Crippen LogP) is 5.09. The van der Waals surface area contributed by atoms with Crippen LogP contribution in [0.15, 0.2) is 89.5 Å². The van der Waals surface area contributed by atoms with Gasteiger partial charge in [-0.1, -0.05) is 65.8 Å². The van der Waals surface area contributed by atoms with Gasteiger partial charge in [-0.05, 0) is 53.9 Å². The third-order valence-corrected chi connectivity index (χ3v) is 6.94. The first-order valence-corrected chi connectivity index (χ1v) is 12.1. The molecule has 4 rings (SSSR count). The van der Waals surface area contributed by atoms with Crippen LogP contribution in [0.4, 0.5) is 5.69 Å². The van der Waals surface area contributed by atoms with E-state index in [-0.39, 0.29) is 18.0 Å². The minimum Gasteiger partial charge on any atom is -0.497 e. The molecule has 3 aromatic rings. The Morgan fingerprint density at radius 3 is 2.46 bits per heavy atom. The zero-order valence-electron chi connectivity index (χ0n) is 18.9. The Morgan fingerprint density at radius 1 is 1.09 bits per heavy atom. The summed E-state index contributed by atoms with van der Waals surface area (Å²) >= 11 is 7.34. The third-order valence-electron chi connectivity index (χ3n) is 5.44. The fourth-order valence-electron chi connectivity index (χ4n) is 3.70. The van der Waals surface area contributed by atoms with Gasteiger partial charge < -0.3 is 10.1 Å². The average Bonchev–Trinajstić information content (AvgIpc) is 3.19. The van der Waals surface area contributed by atoms with Crippen LogP contribution in [-0.4, -0.2) is 24.2 Å². The second kappa shape index (κ2) is 11.1. The van der Waals surface area contributed by atoms with Crippen molar-refractivity contribution in [3.05, 3.63) is 106 Å². The molecule has 35 heavy (non-hydrogen) atoms. The van der Waals surface area contributed by atoms with Crippen molar-refractivity contribution in [2.45, 2.75) is 18.2 Å². The molecule has 1 saturated heterocycles. The fraction of sp³-hybridized carbons (Fsp3) is 0.148. The Hall–Kier alpha value is -3.73. The number of thioether (sulfide) groups is 1. The van der Waals surface area contributed by atoms with Crippen molar-refractivity contribution in [1.82, 2.24) is 5.32 Å². The molecule has 8 heteroatoms. The van der Waals surface area contributed by atoms with Crippen molar-refractivity contribution in [3.63, 3.8) is 0 Å². The molecular formula is C27H22ClN3O3S. The Labute approximate surface area is 213 Å². The van der Waals surface area contributed by atoms with Crippen molar-refractivity contribution in [2.24, 2.45) is 0 Å². The van der Waals surface area contributed by atoms with Crippen molar-refractivity contribution in [1.29, 1.82) is 5.26 Å². The topological polar surface area (TPSA) is 82.4 Å². The molecule has 6 nitrogen and oxygen atoms in total. The summed E-state index contributed by atoms with van der Waals surface area (Å²) in [7, 11) is 1.56. The first kappa shape index (κ1) is 24.4. The van der Waals surface area contributed by atoms with Gasteiger partial charge in [0.05, 0.1) is 12.4 Å². The number of amides is 2. The van der Waals surface area contributed by atoms with Crippen LogP contribution in [0.3, 0.4) is 0 Å². The minimum absolute atomic E-state index is 0.108. The largest absolute Gasteiger partial charge is 0.497 e. The molecule has 0 saturated carbocycles. The summed E-state index contributed by atoms with van der Waals surface area (Å²) < 4.78 is 5.23. The van der Waals surface area contributed by atoms with Crippen LogP contribution in [0.5, 0.6) is 5.75 Å². The Bertz CT molecular complexity index is 1300. The predicted molar refractivity (Wildman–Crippen MR) is 138 cm³/mol. The lowest BCUT2D eigenvalue weighted by Crippen LogP contribution is -2.32. The molecule has 0 aromatic heterocycles. The van der Waals surface area contributed by atoms with Gasteiger partial charge in [-0.2, -0.15) is 5.26 Å². The minimum atomic E-state index is -0.534. The summed E-state index contributed by atoms with van der Waals surface area (Å²) in [6.07, 6.45) is 0.407. The lowest BCUT2D eigenvalue weighted by Gasteiger charge is -2.19. The van der Waals surface area contributed by atoms with Gasteiger partial charge in [0.2, 0.25) is 5.91 Å². The highest BCUT2D eigenvalue weighted by molar-refractivity contribution is 8.05. The molecule has 1 N–H and O–H groups in total. The van der Waals surface area contributed by atoms with E-state index in [9.17, 15) is 14.9 Å². The van der Waals surface area contributed by atoms with E-state index in [2.05, 4.69) is 5.32 Å². The highest BCUT2D eigenvalue weighted by Gasteiger charge is 2.40. The van der Waals surface area contributed by atoms with Gasteiger partial charge in [0.15, 0.2) is 0 Å². The van der Waals surface area contributed by atoms with E-state index < -0.39 is 11.2 Å². The summed E-state index contributed by atoms with van der Waals surface area (Å²) in [5.41, 5.74) is 2.25. The lowest BCUT2D eigenvalue weighted by molar-refractivity contribution is -0.117. The molecule has 176 valence electrons. The number of benzene rings is 3. The maximum Gasteiger partial charge on any atom is 0.264 e. The summed E-state index contributed by atoms with van der Waals surface area (Å²) in [5.74, 6) is -0.109. The Morgan fingerprint density at radius 2 is 1.80 bits per heavy atom. The molecule has 1 atom stereocenters. The molecule has 0 bridgehead atoms. The highest BCUT2D eigenvalue weighted by atomic mass is 35.5. The molecule has 2 amide bonds. The molecule has 1 aliphatic rings. The summed E-state index contributed by atoms with van der Waals surface area (Å²) in [6, 6.07) is 25.7. The first-order valence-electron chi connectivity index (χ1n) is 10.9. The standard InChI is InChI=1S/C27H22ClN3O3S/c1-34-22-12-10-21(11-13-22)31-26(33)24(15-19-8-5-9-20(28)14-19)35-27(31)23(16-29)25(32)30-17-18-6-3-2-4-7-18/h2-14,24H,15,17H2,1H3,(H,30,32)/b27-23-. The van der Waals surface area contributed by atoms with E-state index >= 15 is 0 Å². The molecule has 1 fully saturated rings. The molecule has 3 aromatic carbocycles. The number of methoxy groups -OCH3 is 1. The van der Waals surface area contributed by atoms with E-state index in [1.165, 1.54) is 16.7 Å². The number of nitrogens with one attached hydrogen (secondary N) is 1. The van der Waals surface area contributed by atoms with Gasteiger partial charge in [-0.25, -0.2) is 0 Å². The average molecular weight is 504 g/mol. The van der Waals surface area contributed by atoms with Crippen LogP contribution in [0, 0.1) is 11.3 Å². The van der Waals surface area contributed by atoms with Crippen LogP contribution in [0.1, 0.15) is 11.1 Å². The number of carbonyl (C=O) groups excluding carboxylic acids is 2. The maximum absolute atomic E-state index is 13.5. The monoisotopic (exact) mass is 503 g/mol. The van der Waals surface area contributed by atoms with Crippen molar-refractivity contribution in [3.8, 4) is 11.8 Å².